The van der Waals surface area contributed by atoms with Crippen LogP contribution in [0.25, 0.3) is 43.5 Å². The number of nitrogens with one attached hydrogen (secondary N) is 1. The van der Waals surface area contributed by atoms with E-state index in [1.54, 1.807) is 0 Å². The fourth-order valence-corrected chi connectivity index (χ4v) is 3.28. The second kappa shape index (κ2) is 3.83. The molecule has 2 aromatic heterocycles. The number of pyridine rings is 1. The van der Waals surface area contributed by atoms with E-state index in [1.165, 1.54) is 32.4 Å². The van der Waals surface area contributed by atoms with Crippen molar-refractivity contribution in [3.8, 4) is 0 Å². The molecule has 1 N–H and O–H groups in total. The van der Waals surface area contributed by atoms with Gasteiger partial charge in [-0.25, -0.2) is 0 Å². The molecule has 21 heavy (non-hydrogen) atoms. The van der Waals surface area contributed by atoms with Gasteiger partial charge in [0, 0.05) is 27.9 Å². The summed E-state index contributed by atoms with van der Waals surface area (Å²) in [4.78, 5) is 8.10. The summed E-state index contributed by atoms with van der Waals surface area (Å²) in [5.41, 5.74) is 3.33. The zero-order chi connectivity index (χ0) is 13.8. The summed E-state index contributed by atoms with van der Waals surface area (Å²) in [5, 5.41) is 6.26. The summed E-state index contributed by atoms with van der Waals surface area (Å²) < 4.78 is 0. The Labute approximate surface area is 121 Å². The van der Waals surface area contributed by atoms with Gasteiger partial charge in [0.2, 0.25) is 0 Å². The van der Waals surface area contributed by atoms with Crippen LogP contribution in [0.1, 0.15) is 0 Å². The van der Waals surface area contributed by atoms with Gasteiger partial charge in [-0.15, -0.1) is 0 Å². The molecule has 0 aliphatic heterocycles. The van der Waals surface area contributed by atoms with Crippen LogP contribution in [0.2, 0.25) is 0 Å². The van der Waals surface area contributed by atoms with Gasteiger partial charge in [-0.3, -0.25) is 4.98 Å². The SMILES string of the molecule is c1ccc2c(c1)ccc1[nH]c3c(ccc4cccnc43)c12. The highest BCUT2D eigenvalue weighted by molar-refractivity contribution is 6.24. The van der Waals surface area contributed by atoms with Crippen LogP contribution in [0.15, 0.2) is 66.9 Å². The van der Waals surface area contributed by atoms with Crippen LogP contribution in [-0.2, 0) is 0 Å². The molecule has 0 spiro atoms. The van der Waals surface area contributed by atoms with Crippen molar-refractivity contribution in [1.82, 2.24) is 9.97 Å². The van der Waals surface area contributed by atoms with Gasteiger partial charge in [-0.1, -0.05) is 48.5 Å². The van der Waals surface area contributed by atoms with Crippen LogP contribution in [0.4, 0.5) is 0 Å². The molecule has 0 fully saturated rings. The topological polar surface area (TPSA) is 28.7 Å². The smallest absolute Gasteiger partial charge is 0.0943 e. The van der Waals surface area contributed by atoms with Crippen molar-refractivity contribution in [2.45, 2.75) is 0 Å². The van der Waals surface area contributed by atoms with Crippen molar-refractivity contribution >= 4 is 43.5 Å². The molecule has 0 unspecified atom stereocenters. The van der Waals surface area contributed by atoms with Crippen molar-refractivity contribution in [3.05, 3.63) is 66.9 Å². The summed E-state index contributed by atoms with van der Waals surface area (Å²) in [6, 6.07) is 21.3. The largest absolute Gasteiger partial charge is 0.353 e. The average molecular weight is 268 g/mol. The third-order valence-corrected chi connectivity index (χ3v) is 4.23. The lowest BCUT2D eigenvalue weighted by Gasteiger charge is -2.00. The van der Waals surface area contributed by atoms with Crippen molar-refractivity contribution in [2.24, 2.45) is 0 Å². The zero-order valence-corrected chi connectivity index (χ0v) is 11.3. The van der Waals surface area contributed by atoms with E-state index in [4.69, 9.17) is 0 Å². The van der Waals surface area contributed by atoms with Crippen LogP contribution in [0.5, 0.6) is 0 Å². The fourth-order valence-electron chi connectivity index (χ4n) is 3.28. The summed E-state index contributed by atoms with van der Waals surface area (Å²) >= 11 is 0. The van der Waals surface area contributed by atoms with Gasteiger partial charge in [0.15, 0.2) is 0 Å². The first-order valence-corrected chi connectivity index (χ1v) is 7.09. The van der Waals surface area contributed by atoms with E-state index >= 15 is 0 Å². The van der Waals surface area contributed by atoms with Crippen LogP contribution in [0.3, 0.4) is 0 Å². The van der Waals surface area contributed by atoms with Crippen LogP contribution in [-0.4, -0.2) is 9.97 Å². The van der Waals surface area contributed by atoms with E-state index in [2.05, 4.69) is 64.6 Å². The number of aromatic amines is 1. The van der Waals surface area contributed by atoms with Gasteiger partial charge < -0.3 is 4.98 Å². The Kier molecular flexibility index (Phi) is 1.98. The number of fused-ring (bicyclic) bond motifs is 7. The predicted molar refractivity (Wildman–Crippen MR) is 88.6 cm³/mol. The van der Waals surface area contributed by atoms with Gasteiger partial charge in [-0.05, 0) is 22.9 Å². The molecule has 0 atom stereocenters. The van der Waals surface area contributed by atoms with Crippen LogP contribution < -0.4 is 0 Å². The molecule has 0 saturated carbocycles. The summed E-state index contributed by atoms with van der Waals surface area (Å²) in [6.45, 7) is 0. The van der Waals surface area contributed by atoms with Gasteiger partial charge in [0.25, 0.3) is 0 Å². The lowest BCUT2D eigenvalue weighted by Crippen LogP contribution is -1.79. The molecule has 98 valence electrons. The van der Waals surface area contributed by atoms with Crippen LogP contribution in [0, 0.1) is 0 Å². The molecular weight excluding hydrogens is 256 g/mol. The van der Waals surface area contributed by atoms with E-state index in [1.807, 2.05) is 12.3 Å². The number of hydrogen-bond donors (Lipinski definition) is 1. The Bertz CT molecular complexity index is 1140. The van der Waals surface area contributed by atoms with Crippen molar-refractivity contribution in [1.29, 1.82) is 0 Å². The van der Waals surface area contributed by atoms with E-state index in [0.29, 0.717) is 0 Å². The molecule has 5 rings (SSSR count). The maximum Gasteiger partial charge on any atom is 0.0943 e. The van der Waals surface area contributed by atoms with Gasteiger partial charge in [0.05, 0.1) is 11.0 Å². The Balaban J connectivity index is 2.11. The standard InChI is InChI=1S/C19H12N2/c1-2-6-14-12(4-1)8-10-16-17(14)15-9-7-13-5-3-11-20-18(13)19(15)21-16/h1-11,21H. The molecule has 5 aromatic rings. The van der Waals surface area contributed by atoms with E-state index in [9.17, 15) is 0 Å². The molecule has 2 heterocycles. The lowest BCUT2D eigenvalue weighted by molar-refractivity contribution is 1.41. The van der Waals surface area contributed by atoms with E-state index in [-0.39, 0.29) is 0 Å². The second-order valence-electron chi connectivity index (χ2n) is 5.40. The number of H-pyrrole nitrogens is 1. The number of aromatic nitrogens is 2. The normalized spacial score (nSPS) is 11.8. The third kappa shape index (κ3) is 1.39. The second-order valence-corrected chi connectivity index (χ2v) is 5.40. The molecule has 0 aliphatic rings. The Hall–Kier alpha value is -2.87. The molecule has 3 aromatic carbocycles. The lowest BCUT2D eigenvalue weighted by atomic mass is 10.0. The van der Waals surface area contributed by atoms with Crippen molar-refractivity contribution in [3.63, 3.8) is 0 Å². The highest BCUT2D eigenvalue weighted by atomic mass is 14.8. The maximum atomic E-state index is 4.55. The Morgan fingerprint density at radius 2 is 1.57 bits per heavy atom. The minimum atomic E-state index is 1.04. The van der Waals surface area contributed by atoms with Gasteiger partial charge in [0.1, 0.15) is 0 Å². The van der Waals surface area contributed by atoms with Gasteiger partial charge in [-0.2, -0.15) is 0 Å². The predicted octanol–water partition coefficient (Wildman–Crippen LogP) is 5.02. The summed E-state index contributed by atoms with van der Waals surface area (Å²) in [7, 11) is 0. The zero-order valence-electron chi connectivity index (χ0n) is 11.3. The van der Waals surface area contributed by atoms with Gasteiger partial charge >= 0.3 is 0 Å². The molecule has 0 aliphatic carbocycles. The molecule has 0 amide bonds. The highest BCUT2D eigenvalue weighted by Gasteiger charge is 2.10. The number of nitrogens with zero attached hydrogens (tertiary/aromatic N) is 1. The Morgan fingerprint density at radius 3 is 2.57 bits per heavy atom. The minimum absolute atomic E-state index is 1.04. The minimum Gasteiger partial charge on any atom is -0.353 e. The van der Waals surface area contributed by atoms with E-state index in [0.717, 1.165) is 11.0 Å². The highest BCUT2D eigenvalue weighted by Crippen LogP contribution is 2.34. The molecule has 2 heteroatoms. The molecule has 2 nitrogen and oxygen atoms in total. The monoisotopic (exact) mass is 268 g/mol. The maximum absolute atomic E-state index is 4.55. The molecule has 0 saturated heterocycles. The number of benzene rings is 3. The van der Waals surface area contributed by atoms with Crippen molar-refractivity contribution < 1.29 is 0 Å². The van der Waals surface area contributed by atoms with Crippen LogP contribution >= 0.6 is 0 Å². The molecular formula is C19H12N2. The summed E-state index contributed by atoms with van der Waals surface area (Å²) in [5.74, 6) is 0. The number of hydrogen-bond acceptors (Lipinski definition) is 1. The fraction of sp³-hybridized carbons (Fsp3) is 0. The first-order valence-electron chi connectivity index (χ1n) is 7.09. The first-order chi connectivity index (χ1) is 10.4. The molecule has 0 radical (unpaired) electrons. The Morgan fingerprint density at radius 1 is 0.714 bits per heavy atom. The summed E-state index contributed by atoms with van der Waals surface area (Å²) in [6.07, 6.45) is 1.85. The van der Waals surface area contributed by atoms with Crippen molar-refractivity contribution in [2.75, 3.05) is 0 Å². The quantitative estimate of drug-likeness (QED) is 0.419. The number of rotatable bonds is 0. The third-order valence-electron chi connectivity index (χ3n) is 4.23. The van der Waals surface area contributed by atoms with E-state index < -0.39 is 0 Å². The first kappa shape index (κ1) is 10.9. The average Bonchev–Trinajstić information content (AvgIpc) is 2.94. The molecule has 0 bridgehead atoms.